The van der Waals surface area contributed by atoms with Gasteiger partial charge < -0.3 is 19.5 Å². The van der Waals surface area contributed by atoms with E-state index < -0.39 is 17.7 Å². The van der Waals surface area contributed by atoms with Gasteiger partial charge in [0.1, 0.15) is 10.7 Å². The monoisotopic (exact) mass is 714 g/mol. The highest BCUT2D eigenvalue weighted by Crippen LogP contribution is 2.38. The Labute approximate surface area is 304 Å². The van der Waals surface area contributed by atoms with Crippen LogP contribution in [0.25, 0.3) is 16.3 Å². The molecule has 2 amide bonds. The van der Waals surface area contributed by atoms with E-state index in [1.165, 1.54) is 5.56 Å². The number of benzene rings is 2. The van der Waals surface area contributed by atoms with Crippen LogP contribution in [0.4, 0.5) is 17.2 Å². The number of carbonyl (C=O) groups excluding carboxylic acids is 4. The Morgan fingerprint density at radius 3 is 2.50 bits per heavy atom. The van der Waals surface area contributed by atoms with Gasteiger partial charge in [0.25, 0.3) is 0 Å². The summed E-state index contributed by atoms with van der Waals surface area (Å²) in [6.45, 7) is 4.96. The number of nitrogens with one attached hydrogen (secondary N) is 2. The largest absolute Gasteiger partial charge is 0.371 e. The van der Waals surface area contributed by atoms with E-state index in [2.05, 4.69) is 54.7 Å². The number of amides is 2. The standard InChI is InChI=1S/C39H38N8O4S/c48-32-8-7-29(38(51)44-32)33-34(49)28-6-5-27(19-30(28)35(33)50)46-16-9-23(21-46)20-45-14-10-25(11-15-45)24-1-3-26(4-2-24)42-36-37-40-12-17-47(37)22-31(43-36)39-41-13-18-52-39/h1-6,12-13,17-19,22-23,25,29,33H,7-11,14-16,20-21H2,(H,42,43)(H,44,48,51)/t23-,29-,33?/m1/s1. The summed E-state index contributed by atoms with van der Waals surface area (Å²) in [5, 5.41) is 8.59. The van der Waals surface area contributed by atoms with Gasteiger partial charge in [-0.2, -0.15) is 0 Å². The molecule has 9 rings (SSSR count). The number of carbonyl (C=O) groups is 4. The van der Waals surface area contributed by atoms with E-state index in [4.69, 9.17) is 4.98 Å². The first-order valence-corrected chi connectivity index (χ1v) is 18.9. The third kappa shape index (κ3) is 6.07. The predicted octanol–water partition coefficient (Wildman–Crippen LogP) is 5.35. The SMILES string of the molecule is O=C1CC[C@H](C2C(=O)c3ccc(N4CC[C@H](CN5CCC(c6ccc(Nc7nc(-c8nccs8)cn8ccnc78)cc6)CC5)C4)cc3C2=O)C(=O)N1. The Kier molecular flexibility index (Phi) is 8.39. The molecule has 0 bridgehead atoms. The van der Waals surface area contributed by atoms with Crippen molar-refractivity contribution in [3.63, 3.8) is 0 Å². The number of aromatic nitrogens is 4. The fourth-order valence-corrected chi connectivity index (χ4v) is 9.06. The zero-order valence-electron chi connectivity index (χ0n) is 28.5. The van der Waals surface area contributed by atoms with Gasteiger partial charge in [-0.05, 0) is 86.5 Å². The lowest BCUT2D eigenvalue weighted by atomic mass is 9.82. The zero-order chi connectivity index (χ0) is 35.3. The van der Waals surface area contributed by atoms with Crippen LogP contribution in [0.5, 0.6) is 0 Å². The Morgan fingerprint density at radius 2 is 1.71 bits per heavy atom. The Hall–Kier alpha value is -5.27. The highest BCUT2D eigenvalue weighted by Gasteiger charge is 2.47. The van der Waals surface area contributed by atoms with Crippen molar-refractivity contribution in [1.82, 2.24) is 29.6 Å². The minimum atomic E-state index is -1.04. The second-order valence-electron chi connectivity index (χ2n) is 14.4. The molecular formula is C39H38N8O4S. The van der Waals surface area contributed by atoms with Crippen molar-refractivity contribution in [2.45, 2.75) is 38.0 Å². The first kappa shape index (κ1) is 32.6. The van der Waals surface area contributed by atoms with Gasteiger partial charge in [-0.25, -0.2) is 15.0 Å². The van der Waals surface area contributed by atoms with Gasteiger partial charge in [-0.1, -0.05) is 12.1 Å². The van der Waals surface area contributed by atoms with Crippen LogP contribution < -0.4 is 15.5 Å². The molecule has 2 aromatic carbocycles. The molecule has 13 heteroatoms. The van der Waals surface area contributed by atoms with Crippen LogP contribution in [0.3, 0.4) is 0 Å². The van der Waals surface area contributed by atoms with Crippen molar-refractivity contribution < 1.29 is 19.2 Å². The predicted molar refractivity (Wildman–Crippen MR) is 197 cm³/mol. The average Bonchev–Trinajstić information content (AvgIpc) is 3.98. The van der Waals surface area contributed by atoms with Crippen molar-refractivity contribution in [2.24, 2.45) is 17.8 Å². The van der Waals surface area contributed by atoms with Crippen LogP contribution in [0.15, 0.2) is 72.6 Å². The zero-order valence-corrected chi connectivity index (χ0v) is 29.3. The molecule has 4 aliphatic rings. The highest BCUT2D eigenvalue weighted by atomic mass is 32.1. The van der Waals surface area contributed by atoms with E-state index in [1.54, 1.807) is 29.8 Å². The number of piperidine rings is 2. The number of thiazole rings is 1. The summed E-state index contributed by atoms with van der Waals surface area (Å²) in [5.74, 6) is -1.57. The molecule has 0 saturated carbocycles. The minimum Gasteiger partial charge on any atom is -0.371 e. The molecule has 0 radical (unpaired) electrons. The molecule has 264 valence electrons. The molecule has 6 heterocycles. The van der Waals surface area contributed by atoms with Gasteiger partial charge in [0.2, 0.25) is 11.8 Å². The number of fused-ring (bicyclic) bond motifs is 2. The third-order valence-electron chi connectivity index (χ3n) is 11.2. The van der Waals surface area contributed by atoms with Gasteiger partial charge in [-0.15, -0.1) is 11.3 Å². The molecule has 0 spiro atoms. The first-order valence-electron chi connectivity index (χ1n) is 18.0. The van der Waals surface area contributed by atoms with Crippen LogP contribution in [0.2, 0.25) is 0 Å². The normalized spacial score (nSPS) is 22.7. The van der Waals surface area contributed by atoms with Crippen LogP contribution in [-0.4, -0.2) is 80.4 Å². The van der Waals surface area contributed by atoms with Crippen molar-refractivity contribution in [3.8, 4) is 10.7 Å². The maximum atomic E-state index is 13.4. The quantitative estimate of drug-likeness (QED) is 0.160. The first-order chi connectivity index (χ1) is 25.4. The smallest absolute Gasteiger partial charge is 0.230 e. The summed E-state index contributed by atoms with van der Waals surface area (Å²) in [4.78, 5) is 69.4. The molecule has 52 heavy (non-hydrogen) atoms. The highest BCUT2D eigenvalue weighted by molar-refractivity contribution is 7.13. The number of Topliss-reactive ketones (excluding diaryl/α,β-unsaturated/α-hetero) is 2. The van der Waals surface area contributed by atoms with Crippen LogP contribution in [0.1, 0.15) is 64.3 Å². The van der Waals surface area contributed by atoms with Crippen LogP contribution in [0, 0.1) is 17.8 Å². The number of hydrogen-bond donors (Lipinski definition) is 2. The lowest BCUT2D eigenvalue weighted by Crippen LogP contribution is -2.46. The summed E-state index contributed by atoms with van der Waals surface area (Å²) >= 11 is 1.56. The molecule has 5 aromatic rings. The Bertz CT molecular complexity index is 2190. The van der Waals surface area contributed by atoms with Crippen molar-refractivity contribution in [2.75, 3.05) is 42.9 Å². The third-order valence-corrected chi connectivity index (χ3v) is 12.0. The summed E-state index contributed by atoms with van der Waals surface area (Å²) < 4.78 is 1.97. The molecular weight excluding hydrogens is 677 g/mol. The molecule has 2 N–H and O–H groups in total. The van der Waals surface area contributed by atoms with E-state index in [0.29, 0.717) is 28.8 Å². The average molecular weight is 715 g/mol. The van der Waals surface area contributed by atoms with Gasteiger partial charge in [0.15, 0.2) is 23.0 Å². The lowest BCUT2D eigenvalue weighted by Gasteiger charge is -2.34. The molecule has 12 nitrogen and oxygen atoms in total. The minimum absolute atomic E-state index is 0.145. The van der Waals surface area contributed by atoms with Gasteiger partial charge >= 0.3 is 0 Å². The topological polar surface area (TPSA) is 142 Å². The number of hydrogen-bond acceptors (Lipinski definition) is 11. The van der Waals surface area contributed by atoms with Crippen LogP contribution in [-0.2, 0) is 9.59 Å². The lowest BCUT2D eigenvalue weighted by molar-refractivity contribution is -0.137. The number of anilines is 3. The van der Waals surface area contributed by atoms with E-state index in [0.717, 1.165) is 79.7 Å². The van der Waals surface area contributed by atoms with Crippen LogP contribution >= 0.6 is 11.3 Å². The summed E-state index contributed by atoms with van der Waals surface area (Å²) in [7, 11) is 0. The number of ketones is 2. The van der Waals surface area contributed by atoms with E-state index in [-0.39, 0.29) is 30.3 Å². The number of likely N-dealkylation sites (tertiary alicyclic amines) is 1. The maximum absolute atomic E-state index is 13.4. The molecule has 1 aliphatic carbocycles. The molecule has 1 unspecified atom stereocenters. The van der Waals surface area contributed by atoms with Gasteiger partial charge in [0, 0.05) is 78.7 Å². The number of nitrogens with zero attached hydrogens (tertiary/aromatic N) is 6. The van der Waals surface area contributed by atoms with E-state index in [1.807, 2.05) is 34.3 Å². The molecule has 3 saturated heterocycles. The Balaban J connectivity index is 0.784. The number of rotatable bonds is 8. The second-order valence-corrected chi connectivity index (χ2v) is 15.3. The Morgan fingerprint density at radius 1 is 0.885 bits per heavy atom. The van der Waals surface area contributed by atoms with Gasteiger partial charge in [-0.3, -0.25) is 24.5 Å². The fourth-order valence-electron chi connectivity index (χ4n) is 8.47. The number of imide groups is 1. The van der Waals surface area contributed by atoms with Crippen molar-refractivity contribution >= 4 is 57.6 Å². The molecule has 3 atom stereocenters. The summed E-state index contributed by atoms with van der Waals surface area (Å²) in [6.07, 6.45) is 11.1. The molecule has 3 fully saturated rings. The molecule has 3 aliphatic heterocycles. The van der Waals surface area contributed by atoms with E-state index in [9.17, 15) is 19.2 Å². The summed E-state index contributed by atoms with van der Waals surface area (Å²) in [6, 6.07) is 14.2. The molecule has 3 aromatic heterocycles. The second kappa shape index (κ2) is 13.4. The van der Waals surface area contributed by atoms with Crippen molar-refractivity contribution in [1.29, 1.82) is 0 Å². The fraction of sp³-hybridized carbons (Fsp3) is 0.359. The number of imidazole rings is 1. The summed E-state index contributed by atoms with van der Waals surface area (Å²) in [5.41, 5.74) is 5.63. The van der Waals surface area contributed by atoms with E-state index >= 15 is 0 Å². The van der Waals surface area contributed by atoms with Crippen molar-refractivity contribution in [3.05, 3.63) is 89.3 Å². The van der Waals surface area contributed by atoms with Gasteiger partial charge in [0.05, 0.1) is 11.8 Å². The maximum Gasteiger partial charge on any atom is 0.230 e.